The van der Waals surface area contributed by atoms with Gasteiger partial charge in [-0.25, -0.2) is 8.42 Å². The molecule has 2 heterocycles. The molecule has 4 rings (SSSR count). The number of rotatable bonds is 3. The quantitative estimate of drug-likeness (QED) is 0.846. The van der Waals surface area contributed by atoms with Crippen LogP contribution in [0.2, 0.25) is 5.02 Å². The summed E-state index contributed by atoms with van der Waals surface area (Å²) in [6, 6.07) is 5.88. The van der Waals surface area contributed by atoms with E-state index in [1.807, 2.05) is 4.90 Å². The van der Waals surface area contributed by atoms with E-state index in [-0.39, 0.29) is 5.25 Å². The van der Waals surface area contributed by atoms with Gasteiger partial charge in [0, 0.05) is 31.2 Å². The Bertz CT molecular complexity index is 832. The molecule has 23 heavy (non-hydrogen) atoms. The SMILES string of the molecule is O=S(=O)(C1CC1)N1CCCN(c2nc3cc(Cl)ccc3o2)CC1. The third-order valence-corrected chi connectivity index (χ3v) is 7.00. The zero-order valence-electron chi connectivity index (χ0n) is 12.6. The third-order valence-electron chi connectivity index (χ3n) is 4.37. The van der Waals surface area contributed by atoms with Crippen LogP contribution in [-0.4, -0.2) is 49.1 Å². The molecule has 1 aromatic heterocycles. The highest BCUT2D eigenvalue weighted by Gasteiger charge is 2.40. The number of halogens is 1. The normalized spacial score (nSPS) is 20.8. The lowest BCUT2D eigenvalue weighted by Gasteiger charge is -2.20. The number of fused-ring (bicyclic) bond motifs is 1. The largest absolute Gasteiger partial charge is 0.423 e. The average Bonchev–Trinajstić information content (AvgIpc) is 3.31. The van der Waals surface area contributed by atoms with Gasteiger partial charge in [-0.15, -0.1) is 0 Å². The minimum atomic E-state index is -3.11. The Morgan fingerprint density at radius 3 is 2.78 bits per heavy atom. The van der Waals surface area contributed by atoms with Crippen LogP contribution in [0.3, 0.4) is 0 Å². The smallest absolute Gasteiger partial charge is 0.298 e. The highest BCUT2D eigenvalue weighted by molar-refractivity contribution is 7.90. The second kappa shape index (κ2) is 5.65. The molecule has 0 bridgehead atoms. The third kappa shape index (κ3) is 2.93. The van der Waals surface area contributed by atoms with Crippen molar-refractivity contribution < 1.29 is 12.8 Å². The monoisotopic (exact) mass is 355 g/mol. The Labute approximate surface area is 140 Å². The van der Waals surface area contributed by atoms with Crippen molar-refractivity contribution in [1.29, 1.82) is 0 Å². The maximum absolute atomic E-state index is 12.4. The highest BCUT2D eigenvalue weighted by Crippen LogP contribution is 2.32. The fourth-order valence-corrected chi connectivity index (χ4v) is 4.98. The Morgan fingerprint density at radius 1 is 1.17 bits per heavy atom. The Balaban J connectivity index is 1.53. The number of aromatic nitrogens is 1. The Hall–Kier alpha value is -1.31. The lowest BCUT2D eigenvalue weighted by atomic mass is 10.3. The van der Waals surface area contributed by atoms with Crippen LogP contribution in [0, 0.1) is 0 Å². The van der Waals surface area contributed by atoms with Gasteiger partial charge < -0.3 is 9.32 Å². The van der Waals surface area contributed by atoms with Crippen LogP contribution in [-0.2, 0) is 10.0 Å². The summed E-state index contributed by atoms with van der Waals surface area (Å²) >= 11 is 5.98. The van der Waals surface area contributed by atoms with E-state index in [0.717, 1.165) is 31.3 Å². The first-order chi connectivity index (χ1) is 11.0. The van der Waals surface area contributed by atoms with Crippen molar-refractivity contribution >= 4 is 38.7 Å². The predicted octanol–water partition coefficient (Wildman–Crippen LogP) is 2.49. The first kappa shape index (κ1) is 15.2. The van der Waals surface area contributed by atoms with Gasteiger partial charge >= 0.3 is 0 Å². The average molecular weight is 356 g/mol. The molecule has 1 saturated carbocycles. The van der Waals surface area contributed by atoms with E-state index in [0.29, 0.717) is 36.3 Å². The molecule has 124 valence electrons. The number of sulfonamides is 1. The fourth-order valence-electron chi connectivity index (χ4n) is 2.94. The lowest BCUT2D eigenvalue weighted by molar-refractivity contribution is 0.431. The van der Waals surface area contributed by atoms with Gasteiger partial charge in [-0.2, -0.15) is 9.29 Å². The molecule has 0 unspecified atom stereocenters. The summed E-state index contributed by atoms with van der Waals surface area (Å²) in [5.74, 6) is 0. The predicted molar refractivity (Wildman–Crippen MR) is 89.4 cm³/mol. The van der Waals surface area contributed by atoms with Crippen LogP contribution in [0.15, 0.2) is 22.6 Å². The standard InChI is InChI=1S/C15H18ClN3O3S/c16-11-2-5-14-13(10-11)17-15(22-14)18-6-1-7-19(9-8-18)23(20,21)12-3-4-12/h2,5,10,12H,1,3-4,6-9H2. The number of nitrogens with zero attached hydrogens (tertiary/aromatic N) is 3. The first-order valence-electron chi connectivity index (χ1n) is 7.84. The molecule has 1 aliphatic carbocycles. The van der Waals surface area contributed by atoms with E-state index < -0.39 is 10.0 Å². The van der Waals surface area contributed by atoms with Crippen molar-refractivity contribution in [3.05, 3.63) is 23.2 Å². The van der Waals surface area contributed by atoms with Gasteiger partial charge in [-0.05, 0) is 37.5 Å². The molecule has 0 radical (unpaired) electrons. The van der Waals surface area contributed by atoms with E-state index in [1.165, 1.54) is 0 Å². The van der Waals surface area contributed by atoms with Gasteiger partial charge in [0.1, 0.15) is 5.52 Å². The topological polar surface area (TPSA) is 66.7 Å². The number of oxazole rings is 1. The number of hydrogen-bond acceptors (Lipinski definition) is 5. The van der Waals surface area contributed by atoms with Crippen LogP contribution in [0.1, 0.15) is 19.3 Å². The molecule has 0 amide bonds. The second-order valence-electron chi connectivity index (χ2n) is 6.09. The minimum Gasteiger partial charge on any atom is -0.423 e. The van der Waals surface area contributed by atoms with Gasteiger partial charge in [0.2, 0.25) is 10.0 Å². The molecule has 8 heteroatoms. The van der Waals surface area contributed by atoms with Crippen LogP contribution in [0.25, 0.3) is 11.1 Å². The first-order valence-corrected chi connectivity index (χ1v) is 9.72. The number of anilines is 1. The summed E-state index contributed by atoms with van der Waals surface area (Å²) in [4.78, 5) is 6.49. The molecule has 0 atom stereocenters. The molecule has 1 saturated heterocycles. The molecule has 2 aliphatic rings. The van der Waals surface area contributed by atoms with Gasteiger partial charge in [0.15, 0.2) is 5.58 Å². The molecule has 1 aromatic carbocycles. The molecule has 2 aromatic rings. The molecule has 2 fully saturated rings. The molecular weight excluding hydrogens is 338 g/mol. The van der Waals surface area contributed by atoms with E-state index in [2.05, 4.69) is 4.98 Å². The maximum atomic E-state index is 12.4. The summed E-state index contributed by atoms with van der Waals surface area (Å²) in [6.07, 6.45) is 2.37. The van der Waals surface area contributed by atoms with Crippen molar-refractivity contribution in [2.24, 2.45) is 0 Å². The number of hydrogen-bond donors (Lipinski definition) is 0. The summed E-state index contributed by atoms with van der Waals surface area (Å²) in [5.41, 5.74) is 1.41. The summed E-state index contributed by atoms with van der Waals surface area (Å²) in [6.45, 7) is 2.38. The van der Waals surface area contributed by atoms with E-state index in [4.69, 9.17) is 16.0 Å². The van der Waals surface area contributed by atoms with Crippen LogP contribution in [0.5, 0.6) is 0 Å². The van der Waals surface area contributed by atoms with E-state index in [1.54, 1.807) is 22.5 Å². The summed E-state index contributed by atoms with van der Waals surface area (Å²) < 4.78 is 32.2. The zero-order chi connectivity index (χ0) is 16.0. The van der Waals surface area contributed by atoms with Gasteiger partial charge in [-0.3, -0.25) is 0 Å². The Morgan fingerprint density at radius 2 is 2.00 bits per heavy atom. The van der Waals surface area contributed by atoms with Crippen LogP contribution >= 0.6 is 11.6 Å². The van der Waals surface area contributed by atoms with Crippen molar-refractivity contribution in [2.75, 3.05) is 31.1 Å². The van der Waals surface area contributed by atoms with Crippen LogP contribution in [0.4, 0.5) is 6.01 Å². The minimum absolute atomic E-state index is 0.152. The summed E-state index contributed by atoms with van der Waals surface area (Å²) in [7, 11) is -3.11. The Kier molecular flexibility index (Phi) is 3.74. The van der Waals surface area contributed by atoms with Crippen LogP contribution < -0.4 is 4.90 Å². The van der Waals surface area contributed by atoms with Gasteiger partial charge in [0.05, 0.1) is 5.25 Å². The molecule has 6 nitrogen and oxygen atoms in total. The maximum Gasteiger partial charge on any atom is 0.298 e. The highest BCUT2D eigenvalue weighted by atomic mass is 35.5. The van der Waals surface area contributed by atoms with E-state index in [9.17, 15) is 8.42 Å². The second-order valence-corrected chi connectivity index (χ2v) is 8.74. The fraction of sp³-hybridized carbons (Fsp3) is 0.533. The molecule has 0 N–H and O–H groups in total. The van der Waals surface area contributed by atoms with Crippen molar-refractivity contribution in [1.82, 2.24) is 9.29 Å². The zero-order valence-corrected chi connectivity index (χ0v) is 14.2. The van der Waals surface area contributed by atoms with Gasteiger partial charge in [-0.1, -0.05) is 11.6 Å². The number of benzene rings is 1. The summed E-state index contributed by atoms with van der Waals surface area (Å²) in [5, 5.41) is 0.468. The molecule has 1 aliphatic heterocycles. The van der Waals surface area contributed by atoms with Crippen molar-refractivity contribution in [2.45, 2.75) is 24.5 Å². The molecular formula is C15H18ClN3O3S. The van der Waals surface area contributed by atoms with E-state index >= 15 is 0 Å². The van der Waals surface area contributed by atoms with Crippen molar-refractivity contribution in [3.63, 3.8) is 0 Å². The van der Waals surface area contributed by atoms with Gasteiger partial charge in [0.25, 0.3) is 6.01 Å². The lowest BCUT2D eigenvalue weighted by Crippen LogP contribution is -2.37. The van der Waals surface area contributed by atoms with Crippen molar-refractivity contribution in [3.8, 4) is 0 Å². The molecule has 0 spiro atoms.